The van der Waals surface area contributed by atoms with E-state index in [2.05, 4.69) is 39.5 Å². The van der Waals surface area contributed by atoms with Crippen LogP contribution in [0, 0.1) is 5.92 Å². The Morgan fingerprint density at radius 2 is 1.83 bits per heavy atom. The second-order valence-electron chi connectivity index (χ2n) is 7.18. The third-order valence-electron chi connectivity index (χ3n) is 5.52. The van der Waals surface area contributed by atoms with Gasteiger partial charge < -0.3 is 4.74 Å². The molecule has 1 aromatic carbocycles. The molecule has 2 heterocycles. The van der Waals surface area contributed by atoms with E-state index in [1.807, 2.05) is 10.9 Å². The fraction of sp³-hybridized carbons (Fsp3) is 0.579. The van der Waals surface area contributed by atoms with Crippen LogP contribution in [0.25, 0.3) is 0 Å². The van der Waals surface area contributed by atoms with Gasteiger partial charge in [-0.3, -0.25) is 9.58 Å². The molecule has 0 amide bonds. The first-order chi connectivity index (χ1) is 11.8. The van der Waals surface area contributed by atoms with Gasteiger partial charge in [0.15, 0.2) is 0 Å². The Labute approximate surface area is 143 Å². The first-order valence-corrected chi connectivity index (χ1v) is 9.00. The highest BCUT2D eigenvalue weighted by Crippen LogP contribution is 2.29. The maximum Gasteiger partial charge on any atom is 0.108 e. The highest BCUT2D eigenvalue weighted by Gasteiger charge is 2.29. The van der Waals surface area contributed by atoms with Crippen LogP contribution in [0.5, 0.6) is 0 Å². The van der Waals surface area contributed by atoms with Crippen molar-refractivity contribution in [1.29, 1.82) is 0 Å². The van der Waals surface area contributed by atoms with E-state index in [9.17, 15) is 0 Å². The predicted octanol–water partition coefficient (Wildman–Crippen LogP) is 2.30. The average Bonchev–Trinajstić information content (AvgIpc) is 3.22. The van der Waals surface area contributed by atoms with Crippen molar-refractivity contribution < 1.29 is 4.74 Å². The normalized spacial score (nSPS) is 19.7. The molecule has 4 rings (SSSR count). The Bertz CT molecular complexity index is 651. The topological polar surface area (TPSA) is 43.2 Å². The maximum atomic E-state index is 5.11. The van der Waals surface area contributed by atoms with Crippen molar-refractivity contribution >= 4 is 0 Å². The van der Waals surface area contributed by atoms with Gasteiger partial charge in [-0.25, -0.2) is 0 Å². The Morgan fingerprint density at radius 3 is 2.50 bits per heavy atom. The van der Waals surface area contributed by atoms with Gasteiger partial charge in [-0.05, 0) is 55.8 Å². The van der Waals surface area contributed by atoms with Gasteiger partial charge in [-0.1, -0.05) is 29.5 Å². The van der Waals surface area contributed by atoms with E-state index in [0.717, 1.165) is 12.2 Å². The smallest absolute Gasteiger partial charge is 0.108 e. The molecule has 0 N–H and O–H groups in total. The van der Waals surface area contributed by atoms with Crippen LogP contribution in [-0.4, -0.2) is 46.1 Å². The summed E-state index contributed by atoms with van der Waals surface area (Å²) in [6.45, 7) is 3.95. The number of aromatic nitrogens is 3. The van der Waals surface area contributed by atoms with E-state index >= 15 is 0 Å². The summed E-state index contributed by atoms with van der Waals surface area (Å²) in [4.78, 5) is 2.70. The summed E-state index contributed by atoms with van der Waals surface area (Å²) in [6, 6.07) is 9.64. The number of nitrogens with zero attached hydrogens (tertiary/aromatic N) is 4. The van der Waals surface area contributed by atoms with E-state index in [1.165, 1.54) is 38.8 Å². The average molecular weight is 326 g/mol. The minimum Gasteiger partial charge on any atom is -0.378 e. The molecular weight excluding hydrogens is 300 g/mol. The largest absolute Gasteiger partial charge is 0.378 e. The molecule has 0 unspecified atom stereocenters. The van der Waals surface area contributed by atoms with Crippen molar-refractivity contribution in [3.8, 4) is 0 Å². The van der Waals surface area contributed by atoms with E-state index < -0.39 is 0 Å². The monoisotopic (exact) mass is 326 g/mol. The fourth-order valence-electron chi connectivity index (χ4n) is 4.20. The molecule has 0 radical (unpaired) electrons. The van der Waals surface area contributed by atoms with Gasteiger partial charge in [0, 0.05) is 19.7 Å². The molecule has 2 aliphatic rings. The molecule has 1 aromatic heterocycles. The van der Waals surface area contributed by atoms with Crippen molar-refractivity contribution in [1.82, 2.24) is 19.9 Å². The molecule has 5 heteroatoms. The molecule has 1 fully saturated rings. The third-order valence-corrected chi connectivity index (χ3v) is 5.52. The summed E-state index contributed by atoms with van der Waals surface area (Å²) in [5.41, 5.74) is 4.02. The van der Waals surface area contributed by atoms with E-state index in [4.69, 9.17) is 4.74 Å². The van der Waals surface area contributed by atoms with Crippen LogP contribution < -0.4 is 0 Å². The number of piperidine rings is 1. The Morgan fingerprint density at radius 1 is 1.12 bits per heavy atom. The van der Waals surface area contributed by atoms with Crippen molar-refractivity contribution in [2.24, 2.45) is 5.92 Å². The maximum absolute atomic E-state index is 5.11. The van der Waals surface area contributed by atoms with E-state index in [-0.39, 0.29) is 0 Å². The van der Waals surface area contributed by atoms with E-state index in [1.54, 1.807) is 18.2 Å². The van der Waals surface area contributed by atoms with Crippen LogP contribution in [0.3, 0.4) is 0 Å². The van der Waals surface area contributed by atoms with Crippen molar-refractivity contribution in [3.63, 3.8) is 0 Å². The Balaban J connectivity index is 1.28. The standard InChI is InChI=1S/C19H26N4O/c1-24-14-18-13-23(21-20-18)12-15-6-8-22(9-7-15)19-10-16-4-2-3-5-17(16)11-19/h2-5,13,15,19H,6-12,14H2,1H3. The molecule has 0 spiro atoms. The number of rotatable bonds is 5. The summed E-state index contributed by atoms with van der Waals surface area (Å²) < 4.78 is 7.09. The lowest BCUT2D eigenvalue weighted by Crippen LogP contribution is -2.42. The number of benzene rings is 1. The molecule has 0 bridgehead atoms. The van der Waals surface area contributed by atoms with Crippen molar-refractivity contribution in [3.05, 3.63) is 47.3 Å². The molecule has 1 aliphatic carbocycles. The van der Waals surface area contributed by atoms with Gasteiger partial charge in [0.05, 0.1) is 12.8 Å². The lowest BCUT2D eigenvalue weighted by molar-refractivity contribution is 0.127. The van der Waals surface area contributed by atoms with Gasteiger partial charge in [-0.2, -0.15) is 0 Å². The van der Waals surface area contributed by atoms with Gasteiger partial charge in [0.25, 0.3) is 0 Å². The first kappa shape index (κ1) is 15.8. The van der Waals surface area contributed by atoms with Gasteiger partial charge in [0.2, 0.25) is 0 Å². The molecule has 1 saturated heterocycles. The van der Waals surface area contributed by atoms with Gasteiger partial charge >= 0.3 is 0 Å². The number of hydrogen-bond donors (Lipinski definition) is 0. The molecule has 0 saturated carbocycles. The van der Waals surface area contributed by atoms with Crippen LogP contribution in [-0.2, 0) is 30.7 Å². The second-order valence-corrected chi connectivity index (χ2v) is 7.18. The lowest BCUT2D eigenvalue weighted by atomic mass is 9.95. The third kappa shape index (κ3) is 3.37. The number of hydrogen-bond acceptors (Lipinski definition) is 4. The molecule has 128 valence electrons. The van der Waals surface area contributed by atoms with Crippen LogP contribution in [0.4, 0.5) is 0 Å². The minimum absolute atomic E-state index is 0.542. The van der Waals surface area contributed by atoms with Crippen LogP contribution >= 0.6 is 0 Å². The Hall–Kier alpha value is -1.72. The number of ether oxygens (including phenoxy) is 1. The van der Waals surface area contributed by atoms with Gasteiger partial charge in [-0.15, -0.1) is 5.10 Å². The molecular formula is C19H26N4O. The molecule has 1 aliphatic heterocycles. The van der Waals surface area contributed by atoms with Crippen LogP contribution in [0.15, 0.2) is 30.5 Å². The SMILES string of the molecule is COCc1cn(CC2CCN(C3Cc4ccccc4C3)CC2)nn1. The summed E-state index contributed by atoms with van der Waals surface area (Å²) in [5.74, 6) is 0.710. The first-order valence-electron chi connectivity index (χ1n) is 9.00. The zero-order valence-corrected chi connectivity index (χ0v) is 14.4. The number of fused-ring (bicyclic) bond motifs is 1. The summed E-state index contributed by atoms with van der Waals surface area (Å²) >= 11 is 0. The molecule has 0 atom stereocenters. The number of methoxy groups -OCH3 is 1. The Kier molecular flexibility index (Phi) is 4.63. The fourth-order valence-corrected chi connectivity index (χ4v) is 4.20. The highest BCUT2D eigenvalue weighted by molar-refractivity contribution is 5.33. The van der Waals surface area contributed by atoms with Crippen molar-refractivity contribution in [2.75, 3.05) is 20.2 Å². The quantitative estimate of drug-likeness (QED) is 0.846. The van der Waals surface area contributed by atoms with E-state index in [0.29, 0.717) is 18.6 Å². The lowest BCUT2D eigenvalue weighted by Gasteiger charge is -2.35. The molecule has 2 aromatic rings. The molecule has 24 heavy (non-hydrogen) atoms. The van der Waals surface area contributed by atoms with Crippen LogP contribution in [0.2, 0.25) is 0 Å². The minimum atomic E-state index is 0.542. The second kappa shape index (κ2) is 7.03. The summed E-state index contributed by atoms with van der Waals surface area (Å²) in [5, 5.41) is 8.38. The zero-order chi connectivity index (χ0) is 16.4. The van der Waals surface area contributed by atoms with Crippen LogP contribution in [0.1, 0.15) is 29.7 Å². The predicted molar refractivity (Wildman–Crippen MR) is 92.7 cm³/mol. The number of likely N-dealkylation sites (tertiary alicyclic amines) is 1. The summed E-state index contributed by atoms with van der Waals surface area (Å²) in [6.07, 6.45) is 6.98. The van der Waals surface area contributed by atoms with Crippen molar-refractivity contribution in [2.45, 2.75) is 44.9 Å². The summed E-state index contributed by atoms with van der Waals surface area (Å²) in [7, 11) is 1.69. The zero-order valence-electron chi connectivity index (χ0n) is 14.4. The molecule has 5 nitrogen and oxygen atoms in total. The highest BCUT2D eigenvalue weighted by atomic mass is 16.5. The van der Waals surface area contributed by atoms with Gasteiger partial charge in [0.1, 0.15) is 5.69 Å².